The lowest BCUT2D eigenvalue weighted by atomic mass is 10.2. The van der Waals surface area contributed by atoms with Gasteiger partial charge in [-0.15, -0.1) is 0 Å². The number of halogens is 1. The lowest BCUT2D eigenvalue weighted by Gasteiger charge is -2.23. The Bertz CT molecular complexity index is 432. The van der Waals surface area contributed by atoms with Crippen molar-refractivity contribution in [3.8, 4) is 0 Å². The second kappa shape index (κ2) is 6.86. The SMILES string of the molecule is COCC(NC(=O)OC(C)(C)C)c1cc(Br)ccn1. The number of pyridine rings is 1. The van der Waals surface area contributed by atoms with E-state index in [1.54, 1.807) is 13.3 Å². The summed E-state index contributed by atoms with van der Waals surface area (Å²) in [5, 5.41) is 2.75. The normalized spacial score (nSPS) is 12.9. The molecule has 19 heavy (non-hydrogen) atoms. The number of aromatic nitrogens is 1. The van der Waals surface area contributed by atoms with Crippen LogP contribution in [0.25, 0.3) is 0 Å². The summed E-state index contributed by atoms with van der Waals surface area (Å²) < 4.78 is 11.2. The zero-order valence-corrected chi connectivity index (χ0v) is 13.2. The van der Waals surface area contributed by atoms with Crippen LogP contribution >= 0.6 is 15.9 Å². The van der Waals surface area contributed by atoms with Crippen molar-refractivity contribution in [2.75, 3.05) is 13.7 Å². The molecule has 0 bridgehead atoms. The maximum atomic E-state index is 11.8. The molecule has 0 saturated carbocycles. The van der Waals surface area contributed by atoms with E-state index < -0.39 is 11.7 Å². The van der Waals surface area contributed by atoms with Crippen LogP contribution in [0.2, 0.25) is 0 Å². The van der Waals surface area contributed by atoms with Crippen LogP contribution in [0.3, 0.4) is 0 Å². The largest absolute Gasteiger partial charge is 0.444 e. The fraction of sp³-hybridized carbons (Fsp3) is 0.538. The van der Waals surface area contributed by atoms with E-state index in [2.05, 4.69) is 26.2 Å². The molecule has 1 heterocycles. The van der Waals surface area contributed by atoms with Gasteiger partial charge in [-0.25, -0.2) is 4.79 Å². The smallest absolute Gasteiger partial charge is 0.408 e. The Morgan fingerprint density at radius 3 is 2.74 bits per heavy atom. The summed E-state index contributed by atoms with van der Waals surface area (Å²) in [4.78, 5) is 16.0. The number of ether oxygens (including phenoxy) is 2. The Morgan fingerprint density at radius 1 is 1.53 bits per heavy atom. The average Bonchev–Trinajstić information content (AvgIpc) is 2.26. The van der Waals surface area contributed by atoms with Crippen LogP contribution in [-0.2, 0) is 9.47 Å². The fourth-order valence-electron chi connectivity index (χ4n) is 1.43. The van der Waals surface area contributed by atoms with Crippen LogP contribution in [0.4, 0.5) is 4.79 Å². The lowest BCUT2D eigenvalue weighted by Crippen LogP contribution is -2.36. The standard InChI is InChI=1S/C13H19BrN2O3/c1-13(2,3)19-12(17)16-11(8-18-4)10-7-9(14)5-6-15-10/h5-7,11H,8H2,1-4H3,(H,16,17). The minimum atomic E-state index is -0.535. The molecule has 1 aromatic heterocycles. The molecule has 0 radical (unpaired) electrons. The number of rotatable bonds is 4. The van der Waals surface area contributed by atoms with Crippen molar-refractivity contribution in [3.63, 3.8) is 0 Å². The predicted octanol–water partition coefficient (Wildman–Crippen LogP) is 3.06. The van der Waals surface area contributed by atoms with Crippen molar-refractivity contribution in [1.29, 1.82) is 0 Å². The van der Waals surface area contributed by atoms with E-state index in [1.165, 1.54) is 0 Å². The number of nitrogens with zero attached hydrogens (tertiary/aromatic N) is 1. The zero-order valence-electron chi connectivity index (χ0n) is 11.6. The molecule has 0 aliphatic rings. The predicted molar refractivity (Wildman–Crippen MR) is 75.9 cm³/mol. The third-order valence-electron chi connectivity index (χ3n) is 2.12. The van der Waals surface area contributed by atoms with Gasteiger partial charge in [0.05, 0.1) is 18.3 Å². The summed E-state index contributed by atoms with van der Waals surface area (Å²) >= 11 is 3.37. The summed E-state index contributed by atoms with van der Waals surface area (Å²) in [6.45, 7) is 5.77. The maximum Gasteiger partial charge on any atom is 0.408 e. The minimum absolute atomic E-state index is 0.322. The summed E-state index contributed by atoms with van der Waals surface area (Å²) in [7, 11) is 1.57. The number of methoxy groups -OCH3 is 1. The van der Waals surface area contributed by atoms with E-state index in [1.807, 2.05) is 32.9 Å². The Labute approximate surface area is 121 Å². The molecule has 0 saturated heterocycles. The first kappa shape index (κ1) is 15.9. The van der Waals surface area contributed by atoms with Crippen molar-refractivity contribution < 1.29 is 14.3 Å². The molecule has 1 N–H and O–H groups in total. The molecular weight excluding hydrogens is 312 g/mol. The Hall–Kier alpha value is -1.14. The summed E-state index contributed by atoms with van der Waals surface area (Å²) in [5.74, 6) is 0. The van der Waals surface area contributed by atoms with Gasteiger partial charge in [-0.2, -0.15) is 0 Å². The van der Waals surface area contributed by atoms with Crippen LogP contribution in [-0.4, -0.2) is 30.4 Å². The summed E-state index contributed by atoms with van der Waals surface area (Å²) in [6.07, 6.45) is 1.18. The van der Waals surface area contributed by atoms with Crippen molar-refractivity contribution in [2.24, 2.45) is 0 Å². The van der Waals surface area contributed by atoms with Crippen LogP contribution in [0.5, 0.6) is 0 Å². The molecule has 0 aliphatic carbocycles. The highest BCUT2D eigenvalue weighted by Gasteiger charge is 2.21. The van der Waals surface area contributed by atoms with Gasteiger partial charge in [-0.05, 0) is 32.9 Å². The lowest BCUT2D eigenvalue weighted by molar-refractivity contribution is 0.0466. The van der Waals surface area contributed by atoms with E-state index in [4.69, 9.17) is 9.47 Å². The van der Waals surface area contributed by atoms with Gasteiger partial charge in [0.25, 0.3) is 0 Å². The molecule has 6 heteroatoms. The molecule has 1 unspecified atom stereocenters. The maximum absolute atomic E-state index is 11.8. The Balaban J connectivity index is 2.76. The average molecular weight is 331 g/mol. The van der Waals surface area contributed by atoms with Crippen molar-refractivity contribution in [2.45, 2.75) is 32.4 Å². The molecule has 0 fully saturated rings. The van der Waals surface area contributed by atoms with Crippen molar-refractivity contribution >= 4 is 22.0 Å². The Morgan fingerprint density at radius 2 is 2.21 bits per heavy atom. The van der Waals surface area contributed by atoms with Crippen molar-refractivity contribution in [3.05, 3.63) is 28.5 Å². The zero-order chi connectivity index (χ0) is 14.5. The van der Waals surface area contributed by atoms with E-state index in [0.29, 0.717) is 12.3 Å². The Kier molecular flexibility index (Phi) is 5.75. The first-order valence-corrected chi connectivity index (χ1v) is 6.71. The molecule has 1 amide bonds. The third-order valence-corrected chi connectivity index (χ3v) is 2.62. The highest BCUT2D eigenvalue weighted by molar-refractivity contribution is 9.10. The summed E-state index contributed by atoms with van der Waals surface area (Å²) in [6, 6.07) is 3.30. The number of carbonyl (C=O) groups is 1. The molecule has 5 nitrogen and oxygen atoms in total. The van der Waals surface area contributed by atoms with Gasteiger partial charge in [0.2, 0.25) is 0 Å². The monoisotopic (exact) mass is 330 g/mol. The molecule has 1 aromatic rings. The quantitative estimate of drug-likeness (QED) is 0.921. The molecule has 1 atom stereocenters. The first-order valence-electron chi connectivity index (χ1n) is 5.92. The van der Waals surface area contributed by atoms with E-state index in [9.17, 15) is 4.79 Å². The van der Waals surface area contributed by atoms with Gasteiger partial charge >= 0.3 is 6.09 Å². The third kappa shape index (κ3) is 6.02. The second-order valence-electron chi connectivity index (χ2n) is 5.05. The molecular formula is C13H19BrN2O3. The molecule has 0 aliphatic heterocycles. The summed E-state index contributed by atoms with van der Waals surface area (Å²) in [5.41, 5.74) is 0.175. The highest BCUT2D eigenvalue weighted by atomic mass is 79.9. The van der Waals surface area contributed by atoms with Gasteiger partial charge in [0, 0.05) is 17.8 Å². The van der Waals surface area contributed by atoms with Gasteiger partial charge < -0.3 is 14.8 Å². The topological polar surface area (TPSA) is 60.5 Å². The molecule has 0 spiro atoms. The van der Waals surface area contributed by atoms with Crippen LogP contribution < -0.4 is 5.32 Å². The second-order valence-corrected chi connectivity index (χ2v) is 5.97. The number of hydrogen-bond donors (Lipinski definition) is 1. The molecule has 106 valence electrons. The van der Waals surface area contributed by atoms with Gasteiger partial charge in [-0.3, -0.25) is 4.98 Å². The number of hydrogen-bond acceptors (Lipinski definition) is 4. The fourth-order valence-corrected chi connectivity index (χ4v) is 1.78. The van der Waals surface area contributed by atoms with Crippen LogP contribution in [0.1, 0.15) is 32.5 Å². The van der Waals surface area contributed by atoms with E-state index in [-0.39, 0.29) is 6.04 Å². The number of amides is 1. The van der Waals surface area contributed by atoms with Gasteiger partial charge in [0.1, 0.15) is 5.60 Å². The van der Waals surface area contributed by atoms with Gasteiger partial charge in [-0.1, -0.05) is 15.9 Å². The van der Waals surface area contributed by atoms with Crippen molar-refractivity contribution in [1.82, 2.24) is 10.3 Å². The number of carbonyl (C=O) groups excluding carboxylic acids is 1. The number of alkyl carbamates (subject to hydrolysis) is 1. The van der Waals surface area contributed by atoms with E-state index >= 15 is 0 Å². The molecule has 0 aromatic carbocycles. The van der Waals surface area contributed by atoms with Crippen LogP contribution in [0.15, 0.2) is 22.8 Å². The minimum Gasteiger partial charge on any atom is -0.444 e. The first-order chi connectivity index (χ1) is 8.81. The number of nitrogens with one attached hydrogen (secondary N) is 1. The highest BCUT2D eigenvalue weighted by Crippen LogP contribution is 2.17. The van der Waals surface area contributed by atoms with E-state index in [0.717, 1.165) is 4.47 Å². The molecule has 1 rings (SSSR count). The van der Waals surface area contributed by atoms with Crippen LogP contribution in [0, 0.1) is 0 Å². The van der Waals surface area contributed by atoms with Gasteiger partial charge in [0.15, 0.2) is 0 Å².